The molecular weight excluding hydrogens is 428 g/mol. The van der Waals surface area contributed by atoms with Crippen molar-refractivity contribution in [3.05, 3.63) is 36.5 Å². The maximum absolute atomic E-state index is 10.8. The van der Waals surface area contributed by atoms with E-state index in [-0.39, 0.29) is 6.10 Å². The van der Waals surface area contributed by atoms with Crippen LogP contribution in [-0.4, -0.2) is 60.3 Å². The highest BCUT2D eigenvalue weighted by Gasteiger charge is 2.38. The van der Waals surface area contributed by atoms with Gasteiger partial charge in [-0.25, -0.2) is 0 Å². The van der Waals surface area contributed by atoms with Gasteiger partial charge < -0.3 is 10.0 Å². The first-order valence-electron chi connectivity index (χ1n) is 15.4. The van der Waals surface area contributed by atoms with Gasteiger partial charge in [-0.2, -0.15) is 0 Å². The van der Waals surface area contributed by atoms with Gasteiger partial charge in [0.25, 0.3) is 0 Å². The summed E-state index contributed by atoms with van der Waals surface area (Å²) < 4.78 is 0. The zero-order chi connectivity index (χ0) is 24.1. The molecule has 0 aliphatic carbocycles. The van der Waals surface area contributed by atoms with E-state index in [9.17, 15) is 5.11 Å². The molecule has 3 heteroatoms. The number of hydrogen-bond donors (Lipinski definition) is 1. The molecule has 0 amide bonds. The van der Waals surface area contributed by atoms with Crippen LogP contribution < -0.4 is 0 Å². The van der Waals surface area contributed by atoms with Crippen LogP contribution in [0.4, 0.5) is 0 Å². The number of rotatable bonds is 0. The zero-order valence-corrected chi connectivity index (χ0v) is 22.5. The average Bonchev–Trinajstić information content (AvgIpc) is 2.85. The van der Waals surface area contributed by atoms with Crippen molar-refractivity contribution in [3.8, 4) is 0 Å². The normalized spacial score (nSPS) is 41.6. The third kappa shape index (κ3) is 9.48. The maximum atomic E-state index is 10.8. The third-order valence-electron chi connectivity index (χ3n) is 9.36. The van der Waals surface area contributed by atoms with E-state index in [4.69, 9.17) is 0 Å². The SMILES string of the molecule is O[C@@H]1/C=C\C=C\CCCCCC[C@H]2CN3CC/C=C\CCCCCC[C@H]4C[C@H](CN(C4)C1)[C@H]2CC3. The highest BCUT2D eigenvalue weighted by molar-refractivity contribution is 5.05. The first-order chi connectivity index (χ1) is 17.3. The standard InChI is InChI=1S/C32H54N2O/c35-31-19-15-11-7-2-1-6-10-14-18-29-25-33-21-16-12-8-4-3-5-9-13-17-28-23-30(32(29)20-22-33)26-34(24-28)27-31/h7-8,11-12,15,19,28-32,35H,1-6,9-10,13-14,16-18,20-27H2/b11-7+,12-8-,19-15-/t28-,29-,30+,31+,32-/m0/s1. The molecule has 0 saturated carbocycles. The average molecular weight is 483 g/mol. The molecule has 2 saturated heterocycles. The highest BCUT2D eigenvalue weighted by atomic mass is 16.3. The fourth-order valence-corrected chi connectivity index (χ4v) is 7.53. The summed E-state index contributed by atoms with van der Waals surface area (Å²) in [6.07, 6.45) is 33.4. The predicted molar refractivity (Wildman–Crippen MR) is 150 cm³/mol. The molecule has 198 valence electrons. The topological polar surface area (TPSA) is 26.7 Å². The maximum Gasteiger partial charge on any atom is 0.0850 e. The largest absolute Gasteiger partial charge is 0.388 e. The van der Waals surface area contributed by atoms with Gasteiger partial charge in [0.2, 0.25) is 0 Å². The van der Waals surface area contributed by atoms with Crippen LogP contribution in [0.5, 0.6) is 0 Å². The van der Waals surface area contributed by atoms with Crippen molar-refractivity contribution in [1.82, 2.24) is 9.80 Å². The van der Waals surface area contributed by atoms with Crippen LogP contribution in [0.15, 0.2) is 36.5 Å². The monoisotopic (exact) mass is 482 g/mol. The van der Waals surface area contributed by atoms with Gasteiger partial charge in [-0.05, 0) is 88.0 Å². The van der Waals surface area contributed by atoms with Gasteiger partial charge in [-0.15, -0.1) is 0 Å². The summed E-state index contributed by atoms with van der Waals surface area (Å²) in [5.74, 6) is 3.40. The lowest BCUT2D eigenvalue weighted by Gasteiger charge is -2.47. The molecule has 7 atom stereocenters. The van der Waals surface area contributed by atoms with E-state index in [1.807, 2.05) is 6.08 Å². The van der Waals surface area contributed by atoms with Crippen molar-refractivity contribution in [2.75, 3.05) is 39.3 Å². The third-order valence-corrected chi connectivity index (χ3v) is 9.36. The summed E-state index contributed by atoms with van der Waals surface area (Å²) in [5, 5.41) is 10.8. The molecule has 5 rings (SSSR count). The van der Waals surface area contributed by atoms with E-state index in [1.165, 1.54) is 129 Å². The first-order valence-corrected chi connectivity index (χ1v) is 15.4. The number of nitrogens with zero attached hydrogens (tertiary/aromatic N) is 2. The second kappa shape index (κ2) is 15.4. The number of piperidine rings is 2. The summed E-state index contributed by atoms with van der Waals surface area (Å²) in [7, 11) is 0. The smallest absolute Gasteiger partial charge is 0.0850 e. The molecule has 0 aromatic heterocycles. The Labute approximate surface area is 216 Å². The number of hydrogen-bond acceptors (Lipinski definition) is 3. The lowest BCUT2D eigenvalue weighted by molar-refractivity contribution is 0.00963. The van der Waals surface area contributed by atoms with E-state index < -0.39 is 0 Å². The zero-order valence-electron chi connectivity index (χ0n) is 22.5. The molecule has 1 N–H and O–H groups in total. The number of allylic oxidation sites excluding steroid dienone is 4. The Hall–Kier alpha value is -0.900. The molecule has 0 spiro atoms. The summed E-state index contributed by atoms with van der Waals surface area (Å²) in [5.41, 5.74) is 0. The Bertz CT molecular complexity index is 670. The Morgan fingerprint density at radius 3 is 2.20 bits per heavy atom. The molecule has 5 aliphatic heterocycles. The molecule has 0 aromatic carbocycles. The van der Waals surface area contributed by atoms with Gasteiger partial charge in [-0.1, -0.05) is 75.0 Å². The van der Waals surface area contributed by atoms with E-state index in [2.05, 4.69) is 40.2 Å². The second-order valence-electron chi connectivity index (χ2n) is 12.2. The van der Waals surface area contributed by atoms with Crippen molar-refractivity contribution < 1.29 is 5.11 Å². The van der Waals surface area contributed by atoms with Crippen molar-refractivity contribution >= 4 is 0 Å². The molecule has 2 fully saturated rings. The minimum Gasteiger partial charge on any atom is -0.388 e. The molecule has 6 bridgehead atoms. The van der Waals surface area contributed by atoms with Gasteiger partial charge in [0.1, 0.15) is 0 Å². The second-order valence-corrected chi connectivity index (χ2v) is 12.2. The molecule has 3 nitrogen and oxygen atoms in total. The van der Waals surface area contributed by atoms with E-state index in [0.717, 1.165) is 30.2 Å². The van der Waals surface area contributed by atoms with Gasteiger partial charge in [-0.3, -0.25) is 4.90 Å². The lowest BCUT2D eigenvalue weighted by Crippen LogP contribution is -2.50. The van der Waals surface area contributed by atoms with Crippen LogP contribution in [0.1, 0.15) is 96.3 Å². The van der Waals surface area contributed by atoms with E-state index >= 15 is 0 Å². The predicted octanol–water partition coefficient (Wildman–Crippen LogP) is 6.99. The number of fused-ring (bicyclic) bond motifs is 10. The lowest BCUT2D eigenvalue weighted by atomic mass is 9.69. The minimum atomic E-state index is -0.346. The Morgan fingerprint density at radius 2 is 1.31 bits per heavy atom. The van der Waals surface area contributed by atoms with Crippen molar-refractivity contribution in [1.29, 1.82) is 0 Å². The summed E-state index contributed by atoms with van der Waals surface area (Å²) in [6, 6.07) is 0. The molecular formula is C32H54N2O. The first kappa shape index (κ1) is 27.1. The summed E-state index contributed by atoms with van der Waals surface area (Å²) in [6.45, 7) is 7.10. The fraction of sp³-hybridized carbons (Fsp3) is 0.812. The quantitative estimate of drug-likeness (QED) is 0.377. The highest BCUT2D eigenvalue weighted by Crippen LogP contribution is 2.40. The van der Waals surface area contributed by atoms with Gasteiger partial charge >= 0.3 is 0 Å². The van der Waals surface area contributed by atoms with Crippen LogP contribution in [0.2, 0.25) is 0 Å². The van der Waals surface area contributed by atoms with E-state index in [1.54, 1.807) is 0 Å². The molecule has 5 heterocycles. The fourth-order valence-electron chi connectivity index (χ4n) is 7.53. The van der Waals surface area contributed by atoms with Crippen molar-refractivity contribution in [3.63, 3.8) is 0 Å². The minimum absolute atomic E-state index is 0.346. The Balaban J connectivity index is 1.51. The Kier molecular flexibility index (Phi) is 11.9. The molecule has 0 aromatic rings. The number of aliphatic hydroxyl groups is 1. The molecule has 0 radical (unpaired) electrons. The van der Waals surface area contributed by atoms with Gasteiger partial charge in [0.15, 0.2) is 0 Å². The van der Waals surface area contributed by atoms with Crippen LogP contribution in [-0.2, 0) is 0 Å². The van der Waals surface area contributed by atoms with Crippen LogP contribution >= 0.6 is 0 Å². The van der Waals surface area contributed by atoms with Crippen molar-refractivity contribution in [2.24, 2.45) is 23.7 Å². The van der Waals surface area contributed by atoms with Gasteiger partial charge in [0, 0.05) is 32.7 Å². The van der Waals surface area contributed by atoms with Crippen LogP contribution in [0.25, 0.3) is 0 Å². The van der Waals surface area contributed by atoms with Crippen LogP contribution in [0.3, 0.4) is 0 Å². The molecule has 5 aliphatic rings. The Morgan fingerprint density at radius 1 is 0.571 bits per heavy atom. The van der Waals surface area contributed by atoms with Crippen molar-refractivity contribution in [2.45, 2.75) is 102 Å². The van der Waals surface area contributed by atoms with Gasteiger partial charge in [0.05, 0.1) is 6.10 Å². The summed E-state index contributed by atoms with van der Waals surface area (Å²) in [4.78, 5) is 5.45. The molecule has 2 unspecified atom stereocenters. The van der Waals surface area contributed by atoms with E-state index in [0.29, 0.717) is 0 Å². The van der Waals surface area contributed by atoms with Crippen LogP contribution in [0, 0.1) is 23.7 Å². The summed E-state index contributed by atoms with van der Waals surface area (Å²) >= 11 is 0. The number of aliphatic hydroxyl groups excluding tert-OH is 1. The molecule has 35 heavy (non-hydrogen) atoms.